The van der Waals surface area contributed by atoms with Crippen LogP contribution in [0.4, 0.5) is 19.0 Å². The fourth-order valence-corrected chi connectivity index (χ4v) is 4.78. The van der Waals surface area contributed by atoms with Crippen molar-refractivity contribution >= 4 is 5.82 Å². The van der Waals surface area contributed by atoms with Crippen molar-refractivity contribution in [3.63, 3.8) is 0 Å². The van der Waals surface area contributed by atoms with Crippen LogP contribution in [0.3, 0.4) is 0 Å². The summed E-state index contributed by atoms with van der Waals surface area (Å²) >= 11 is 0. The van der Waals surface area contributed by atoms with Crippen LogP contribution in [-0.2, 0) is 19.8 Å². The molecular weight excluding hydrogens is 469 g/mol. The number of alkyl halides is 3. The van der Waals surface area contributed by atoms with E-state index in [2.05, 4.69) is 19.9 Å². The van der Waals surface area contributed by atoms with Gasteiger partial charge in [0.15, 0.2) is 5.49 Å². The molecule has 10 heteroatoms. The maximum atomic E-state index is 13.5. The summed E-state index contributed by atoms with van der Waals surface area (Å²) in [5, 5.41) is 3.40. The quantitative estimate of drug-likeness (QED) is 0.456. The minimum Gasteiger partial charge on any atom is -0.369 e. The number of nitrogens with zero attached hydrogens (tertiary/aromatic N) is 5. The highest BCUT2D eigenvalue weighted by atomic mass is 19.4. The molecule has 0 saturated carbocycles. The van der Waals surface area contributed by atoms with Crippen molar-refractivity contribution in [2.45, 2.75) is 39.5 Å². The average molecular weight is 495 g/mol. The number of fused-ring (bicyclic) bond motifs is 3. The molecule has 0 spiro atoms. The number of rotatable bonds is 3. The molecule has 1 aromatic heterocycles. The number of anilines is 1. The Morgan fingerprint density at radius 2 is 1.89 bits per heavy atom. The Kier molecular flexibility index (Phi) is 5.69. The van der Waals surface area contributed by atoms with Crippen LogP contribution in [0, 0.1) is 13.8 Å². The Morgan fingerprint density at radius 3 is 2.61 bits per heavy atom. The van der Waals surface area contributed by atoms with E-state index in [1.165, 1.54) is 23.6 Å². The zero-order chi connectivity index (χ0) is 25.8. The third-order valence-corrected chi connectivity index (χ3v) is 6.56. The van der Waals surface area contributed by atoms with Gasteiger partial charge in [-0.3, -0.25) is 9.79 Å². The molecule has 0 bridgehead atoms. The van der Waals surface area contributed by atoms with Gasteiger partial charge in [-0.2, -0.15) is 13.2 Å². The van der Waals surface area contributed by atoms with Crippen LogP contribution in [0.15, 0.2) is 52.4 Å². The van der Waals surface area contributed by atoms with Gasteiger partial charge in [0, 0.05) is 43.5 Å². The SMILES string of the molecule is Cc1nc2n3c(c(-c4ccc(=O)n(C)c4)cc-2c(=NC(C)c2cccc(C(F)(F)F)c2C)n1)NCC3. The largest absolute Gasteiger partial charge is 0.416 e. The highest BCUT2D eigenvalue weighted by molar-refractivity contribution is 5.81. The van der Waals surface area contributed by atoms with Gasteiger partial charge in [-0.05, 0) is 50.1 Å². The van der Waals surface area contributed by atoms with Crippen LogP contribution in [0.2, 0.25) is 0 Å². The summed E-state index contributed by atoms with van der Waals surface area (Å²) in [7, 11) is 1.69. The van der Waals surface area contributed by atoms with E-state index in [-0.39, 0.29) is 11.1 Å². The van der Waals surface area contributed by atoms with E-state index in [0.717, 1.165) is 23.0 Å². The second kappa shape index (κ2) is 8.61. The number of aromatic nitrogens is 4. The van der Waals surface area contributed by atoms with Gasteiger partial charge >= 0.3 is 6.18 Å². The number of halogens is 3. The third-order valence-electron chi connectivity index (χ3n) is 6.56. The molecule has 3 aliphatic rings. The van der Waals surface area contributed by atoms with Gasteiger partial charge in [0.25, 0.3) is 0 Å². The van der Waals surface area contributed by atoms with Crippen LogP contribution in [-0.4, -0.2) is 25.6 Å². The number of aryl methyl sites for hydroxylation is 2. The maximum Gasteiger partial charge on any atom is 0.416 e. The highest BCUT2D eigenvalue weighted by Gasteiger charge is 2.33. The summed E-state index contributed by atoms with van der Waals surface area (Å²) in [5.41, 5.74) is 2.67. The number of benzene rings is 1. The van der Waals surface area contributed by atoms with Crippen molar-refractivity contribution < 1.29 is 13.2 Å². The summed E-state index contributed by atoms with van der Waals surface area (Å²) < 4.78 is 44.0. The van der Waals surface area contributed by atoms with Crippen LogP contribution >= 0.6 is 0 Å². The van der Waals surface area contributed by atoms with Crippen LogP contribution in [0.5, 0.6) is 0 Å². The molecule has 0 amide bonds. The Morgan fingerprint density at radius 1 is 1.11 bits per heavy atom. The average Bonchev–Trinajstić information content (AvgIpc) is 3.30. The van der Waals surface area contributed by atoms with E-state index < -0.39 is 17.8 Å². The lowest BCUT2D eigenvalue weighted by Gasteiger charge is -2.19. The second-order valence-corrected chi connectivity index (χ2v) is 9.01. The summed E-state index contributed by atoms with van der Waals surface area (Å²) in [6.45, 7) is 6.41. The molecule has 1 aromatic carbocycles. The van der Waals surface area contributed by atoms with E-state index in [9.17, 15) is 18.0 Å². The minimum absolute atomic E-state index is 0.114. The first-order valence-electron chi connectivity index (χ1n) is 11.6. The molecule has 0 aliphatic carbocycles. The Labute approximate surface area is 205 Å². The standard InChI is InChI=1S/C26H25F3N6O/c1-14-18(6-5-7-21(14)26(27,28)29)15(2)31-23-20-12-19(17-8-9-22(36)34(4)13-17)24-30-10-11-35(24)25(20)33-16(3)32-23/h5-9,12-13,15,30H,10-11H2,1-4H3. The van der Waals surface area contributed by atoms with Crippen molar-refractivity contribution in [1.29, 1.82) is 0 Å². The van der Waals surface area contributed by atoms with Gasteiger partial charge in [-0.25, -0.2) is 9.97 Å². The van der Waals surface area contributed by atoms with Crippen LogP contribution < -0.4 is 16.4 Å². The topological polar surface area (TPSA) is 77.1 Å². The lowest BCUT2D eigenvalue weighted by molar-refractivity contribution is -0.138. The van der Waals surface area contributed by atoms with Gasteiger partial charge < -0.3 is 14.5 Å². The zero-order valence-electron chi connectivity index (χ0n) is 20.3. The van der Waals surface area contributed by atoms with Gasteiger partial charge in [-0.1, -0.05) is 12.1 Å². The first-order valence-corrected chi connectivity index (χ1v) is 11.6. The fraction of sp³-hybridized carbons (Fsp3) is 0.308. The molecule has 4 heterocycles. The lowest BCUT2D eigenvalue weighted by atomic mass is 9.97. The molecule has 0 saturated heterocycles. The molecule has 186 valence electrons. The Bertz CT molecular complexity index is 1580. The van der Waals surface area contributed by atoms with Crippen molar-refractivity contribution in [2.75, 3.05) is 11.9 Å². The third kappa shape index (κ3) is 4.06. The molecule has 5 rings (SSSR count). The molecule has 2 aromatic rings. The molecular formula is C26H25F3N6O. The summed E-state index contributed by atoms with van der Waals surface area (Å²) in [5.74, 6) is 2.10. The van der Waals surface area contributed by atoms with E-state index in [1.807, 2.05) is 6.07 Å². The number of nitrogens with one attached hydrogen (secondary N) is 1. The van der Waals surface area contributed by atoms with E-state index in [4.69, 9.17) is 4.99 Å². The first kappa shape index (κ1) is 23.8. The monoisotopic (exact) mass is 494 g/mol. The molecule has 0 fully saturated rings. The van der Waals surface area contributed by atoms with E-state index >= 15 is 0 Å². The van der Waals surface area contributed by atoms with Crippen molar-refractivity contribution in [1.82, 2.24) is 19.1 Å². The lowest BCUT2D eigenvalue weighted by Crippen LogP contribution is -2.21. The molecule has 1 N–H and O–H groups in total. The van der Waals surface area contributed by atoms with E-state index in [0.29, 0.717) is 41.4 Å². The Hall–Kier alpha value is -3.95. The van der Waals surface area contributed by atoms with Crippen molar-refractivity contribution in [3.05, 3.63) is 81.0 Å². The Balaban J connectivity index is 1.73. The van der Waals surface area contributed by atoms with E-state index in [1.54, 1.807) is 39.2 Å². The summed E-state index contributed by atoms with van der Waals surface area (Å²) in [6.07, 6.45) is -2.67. The second-order valence-electron chi connectivity index (χ2n) is 9.01. The molecule has 1 unspecified atom stereocenters. The van der Waals surface area contributed by atoms with Gasteiger partial charge in [0.1, 0.15) is 17.5 Å². The molecule has 7 nitrogen and oxygen atoms in total. The van der Waals surface area contributed by atoms with Gasteiger partial charge in [-0.15, -0.1) is 0 Å². The van der Waals surface area contributed by atoms with Gasteiger partial charge in [0.05, 0.1) is 17.2 Å². The van der Waals surface area contributed by atoms with Gasteiger partial charge in [0.2, 0.25) is 5.56 Å². The molecule has 3 aliphatic heterocycles. The molecule has 0 radical (unpaired) electrons. The number of pyridine rings is 2. The van der Waals surface area contributed by atoms with Crippen molar-refractivity contribution in [2.24, 2.45) is 12.0 Å². The predicted molar refractivity (Wildman–Crippen MR) is 131 cm³/mol. The van der Waals surface area contributed by atoms with Crippen LogP contribution in [0.25, 0.3) is 22.5 Å². The predicted octanol–water partition coefficient (Wildman–Crippen LogP) is 4.47. The summed E-state index contributed by atoms with van der Waals surface area (Å²) in [4.78, 5) is 26.0. The highest BCUT2D eigenvalue weighted by Crippen LogP contribution is 2.37. The van der Waals surface area contributed by atoms with Crippen molar-refractivity contribution in [3.8, 4) is 22.5 Å². The fourth-order valence-electron chi connectivity index (χ4n) is 4.78. The number of hydrogen-bond donors (Lipinski definition) is 1. The zero-order valence-corrected chi connectivity index (χ0v) is 20.3. The maximum absolute atomic E-state index is 13.5. The molecule has 1 atom stereocenters. The number of hydrogen-bond acceptors (Lipinski definition) is 5. The first-order chi connectivity index (χ1) is 17.0. The normalized spacial score (nSPS) is 14.7. The smallest absolute Gasteiger partial charge is 0.369 e. The molecule has 36 heavy (non-hydrogen) atoms. The summed E-state index contributed by atoms with van der Waals surface area (Å²) in [6, 6.07) is 8.81. The van der Waals surface area contributed by atoms with Crippen LogP contribution in [0.1, 0.15) is 35.5 Å². The minimum atomic E-state index is -4.44.